The first-order valence-electron chi connectivity index (χ1n) is 20.8. The summed E-state index contributed by atoms with van der Waals surface area (Å²) in [5, 5.41) is 90.3. The maximum atomic E-state index is 12.8. The van der Waals surface area contributed by atoms with Gasteiger partial charge in [-0.25, -0.2) is 0 Å². The third-order valence-corrected chi connectivity index (χ3v) is 11.9. The first-order chi connectivity index (χ1) is 31.7. The first-order valence-corrected chi connectivity index (χ1v) is 22.9. The lowest BCUT2D eigenvalue weighted by molar-refractivity contribution is -0.173. The molecule has 380 valence electrons. The lowest BCUT2D eigenvalue weighted by atomic mass is 9.98. The number of unbranched alkanes of at least 4 members (excludes halogenated alkanes) is 1. The molecule has 30 heteroatoms. The number of aliphatic hydroxyl groups excluding tert-OH is 6. The molecule has 0 radical (unpaired) electrons. The average molecular weight is 1000 g/mol. The Labute approximate surface area is 391 Å². The van der Waals surface area contributed by atoms with Gasteiger partial charge in [0.05, 0.1) is 69.4 Å². The van der Waals surface area contributed by atoms with Crippen LogP contribution in [0.2, 0.25) is 0 Å². The molecule has 0 aliphatic carbocycles. The van der Waals surface area contributed by atoms with Gasteiger partial charge < -0.3 is 93.1 Å². The number of hydrogen-bond donors (Lipinski definition) is 16. The van der Waals surface area contributed by atoms with E-state index in [9.17, 15) is 78.6 Å². The van der Waals surface area contributed by atoms with Crippen molar-refractivity contribution in [2.24, 2.45) is 0 Å². The topological polar surface area (TPSA) is 439 Å². The summed E-state index contributed by atoms with van der Waals surface area (Å²) < 4.78 is 11.1. The highest BCUT2D eigenvalue weighted by molar-refractivity contribution is 8.00. The molecule has 11 atom stereocenters. The van der Waals surface area contributed by atoms with E-state index in [1.807, 2.05) is 0 Å². The number of carboxylic acids is 1. The Balaban J connectivity index is 1.73. The molecule has 28 nitrogen and oxygen atoms in total. The number of ether oxygens (including phenoxy) is 2. The van der Waals surface area contributed by atoms with Gasteiger partial charge in [-0.1, -0.05) is 0 Å². The molecule has 0 unspecified atom stereocenters. The van der Waals surface area contributed by atoms with Crippen molar-refractivity contribution < 1.29 is 93.2 Å². The van der Waals surface area contributed by atoms with Crippen LogP contribution in [0.5, 0.6) is 0 Å². The highest BCUT2D eigenvalue weighted by Crippen LogP contribution is 2.30. The molecular formula is C37H61N9O19S2. The zero-order valence-electron chi connectivity index (χ0n) is 36.6. The third kappa shape index (κ3) is 21.7. The van der Waals surface area contributed by atoms with Gasteiger partial charge in [-0.15, -0.1) is 23.5 Å². The first kappa shape index (κ1) is 58.2. The molecule has 2 aliphatic rings. The van der Waals surface area contributed by atoms with Crippen molar-refractivity contribution in [1.82, 2.24) is 47.9 Å². The van der Waals surface area contributed by atoms with Crippen LogP contribution in [0, 0.1) is 0 Å². The van der Waals surface area contributed by atoms with E-state index in [4.69, 9.17) is 14.6 Å². The van der Waals surface area contributed by atoms with E-state index in [-0.39, 0.29) is 43.9 Å². The maximum Gasteiger partial charge on any atom is 0.305 e. The van der Waals surface area contributed by atoms with Crippen LogP contribution in [0.4, 0.5) is 0 Å². The van der Waals surface area contributed by atoms with E-state index in [0.717, 1.165) is 23.5 Å². The molecule has 2 rings (SSSR count). The van der Waals surface area contributed by atoms with Crippen molar-refractivity contribution in [2.45, 2.75) is 105 Å². The fraction of sp³-hybridized carbons (Fsp3) is 0.730. The van der Waals surface area contributed by atoms with Crippen molar-refractivity contribution in [3.05, 3.63) is 0 Å². The van der Waals surface area contributed by atoms with Crippen LogP contribution in [-0.4, -0.2) is 224 Å². The van der Waals surface area contributed by atoms with E-state index in [2.05, 4.69) is 47.9 Å². The molecular weight excluding hydrogens is 939 g/mol. The van der Waals surface area contributed by atoms with Crippen molar-refractivity contribution in [2.75, 3.05) is 64.0 Å². The van der Waals surface area contributed by atoms with Gasteiger partial charge >= 0.3 is 5.97 Å². The van der Waals surface area contributed by atoms with Crippen molar-refractivity contribution >= 4 is 82.7 Å². The van der Waals surface area contributed by atoms with Gasteiger partial charge in [0.2, 0.25) is 53.2 Å². The fourth-order valence-corrected chi connectivity index (χ4v) is 8.33. The molecule has 0 bridgehead atoms. The molecule has 16 N–H and O–H groups in total. The quantitative estimate of drug-likeness (QED) is 0.0324. The van der Waals surface area contributed by atoms with Crippen LogP contribution >= 0.6 is 23.5 Å². The molecule has 2 fully saturated rings. The Morgan fingerprint density at radius 2 is 0.955 bits per heavy atom. The SMILES string of the molecule is CC(=O)N[C@@H]1[C@@H](O)[C@H](O)[C@@H](CO)O[C@H]1SCC(=O)NCC(=O)NCC(=O)NCCCC[C@H](NC(=O)CNC(=O)CNC(=O)CS[C@@H]1O[C@H](CO)[C@@H](O)[C@H](O)[C@H]1NC(C)=O)C(=O)NCCC(=O)O. The molecule has 67 heavy (non-hydrogen) atoms. The van der Waals surface area contributed by atoms with Crippen molar-refractivity contribution in [1.29, 1.82) is 0 Å². The number of thioether (sulfide) groups is 2. The molecule has 0 aromatic carbocycles. The van der Waals surface area contributed by atoms with Gasteiger partial charge in [-0.05, 0) is 19.3 Å². The predicted octanol–water partition coefficient (Wildman–Crippen LogP) is -8.83. The van der Waals surface area contributed by atoms with E-state index in [1.165, 1.54) is 13.8 Å². The highest BCUT2D eigenvalue weighted by atomic mass is 32.2. The van der Waals surface area contributed by atoms with E-state index >= 15 is 0 Å². The number of carbonyl (C=O) groups excluding carboxylic acids is 9. The third-order valence-electron chi connectivity index (χ3n) is 9.57. The van der Waals surface area contributed by atoms with Gasteiger partial charge in [0.25, 0.3) is 0 Å². The molecule has 0 saturated carbocycles. The number of hydrogen-bond acceptors (Lipinski definition) is 20. The zero-order valence-corrected chi connectivity index (χ0v) is 38.2. The number of amides is 9. The normalized spacial score (nSPS) is 25.0. The second-order valence-electron chi connectivity index (χ2n) is 15.0. The monoisotopic (exact) mass is 999 g/mol. The Bertz CT molecular complexity index is 1720. The minimum atomic E-state index is -1.52. The number of nitrogens with one attached hydrogen (secondary N) is 9. The van der Waals surface area contributed by atoms with Crippen molar-refractivity contribution in [3.8, 4) is 0 Å². The molecule has 2 saturated heterocycles. The molecule has 0 aromatic rings. The largest absolute Gasteiger partial charge is 0.481 e. The van der Waals surface area contributed by atoms with E-state index in [1.54, 1.807) is 0 Å². The highest BCUT2D eigenvalue weighted by Gasteiger charge is 2.46. The Kier molecular flexibility index (Phi) is 26.5. The summed E-state index contributed by atoms with van der Waals surface area (Å²) >= 11 is 1.66. The molecule has 0 aromatic heterocycles. The second-order valence-corrected chi connectivity index (χ2v) is 17.2. The van der Waals surface area contributed by atoms with Crippen LogP contribution in [-0.2, 0) is 57.4 Å². The summed E-state index contributed by atoms with van der Waals surface area (Å²) in [4.78, 5) is 121. The Hall–Kier alpha value is -4.92. The number of aliphatic hydroxyl groups is 6. The minimum Gasteiger partial charge on any atom is -0.481 e. The zero-order chi connectivity index (χ0) is 50.2. The molecule has 2 heterocycles. The lowest BCUT2D eigenvalue weighted by Gasteiger charge is -2.42. The smallest absolute Gasteiger partial charge is 0.305 e. The fourth-order valence-electron chi connectivity index (χ4n) is 6.18. The number of carboxylic acid groups (broad SMARTS) is 1. The van der Waals surface area contributed by atoms with Gasteiger partial charge in [-0.2, -0.15) is 0 Å². The standard InChI is InChI=1S/C37H61N9O19S2/c1-17(49)44-29-33(61)31(59)20(13-47)64-36(29)66-15-26(55)42-10-23(52)40-9-22(51)38-7-4-3-5-19(35(63)39-8-6-28(57)58)46-25(54)12-41-24(53)11-43-27(56)16-67-37-30(45-18(2)50)34(62)32(60)21(14-48)65-37/h19-21,29-34,36-37,47-48,59-62H,3-16H2,1-2H3,(H,38,51)(H,39,63)(H,40,52)(H,41,53)(H,42,55)(H,43,56)(H,44,49)(H,45,50)(H,46,54)(H,57,58)/t19-,20+,21+,29+,30+,31+,32+,33+,34+,36-,37-/m0/s1. The maximum absolute atomic E-state index is 12.8. The number of carbonyl (C=O) groups is 10. The van der Waals surface area contributed by atoms with Gasteiger partial charge in [0.1, 0.15) is 53.5 Å². The number of rotatable bonds is 28. The van der Waals surface area contributed by atoms with Crippen LogP contribution in [0.1, 0.15) is 39.5 Å². The number of aliphatic carboxylic acids is 1. The van der Waals surface area contributed by atoms with E-state index in [0.29, 0.717) is 0 Å². The summed E-state index contributed by atoms with van der Waals surface area (Å²) in [6.07, 6.45) is -8.25. The van der Waals surface area contributed by atoms with Crippen LogP contribution in [0.15, 0.2) is 0 Å². The van der Waals surface area contributed by atoms with Crippen molar-refractivity contribution in [3.63, 3.8) is 0 Å². The van der Waals surface area contributed by atoms with Gasteiger partial charge in [0.15, 0.2) is 0 Å². The molecule has 9 amide bonds. The Morgan fingerprint density at radius 3 is 1.37 bits per heavy atom. The average Bonchev–Trinajstić information content (AvgIpc) is 3.27. The lowest BCUT2D eigenvalue weighted by Crippen LogP contribution is -2.63. The van der Waals surface area contributed by atoms with E-state index < -0.39 is 171 Å². The summed E-state index contributed by atoms with van der Waals surface area (Å²) in [6, 6.07) is -3.42. The van der Waals surface area contributed by atoms with Crippen LogP contribution < -0.4 is 47.9 Å². The summed E-state index contributed by atoms with van der Waals surface area (Å²) in [5.41, 5.74) is -2.09. The molecule has 0 spiro atoms. The van der Waals surface area contributed by atoms with Crippen LogP contribution in [0.25, 0.3) is 0 Å². The minimum absolute atomic E-state index is 0.0186. The predicted molar refractivity (Wildman–Crippen MR) is 232 cm³/mol. The second kappa shape index (κ2) is 30.5. The van der Waals surface area contributed by atoms with Gasteiger partial charge in [-0.3, -0.25) is 47.9 Å². The van der Waals surface area contributed by atoms with Gasteiger partial charge in [0, 0.05) is 26.9 Å². The Morgan fingerprint density at radius 1 is 0.537 bits per heavy atom. The summed E-state index contributed by atoms with van der Waals surface area (Å²) in [6.45, 7) is -1.28. The molecule has 2 aliphatic heterocycles. The van der Waals surface area contributed by atoms with Crippen LogP contribution in [0.3, 0.4) is 0 Å². The summed E-state index contributed by atoms with van der Waals surface area (Å²) in [7, 11) is 0. The summed E-state index contributed by atoms with van der Waals surface area (Å²) in [5.74, 6) is -7.87.